The number of aliphatic hydroxyl groups excluding tert-OH is 1. The van der Waals surface area contributed by atoms with Gasteiger partial charge in [0.15, 0.2) is 0 Å². The third-order valence-electron chi connectivity index (χ3n) is 2.10. The molecule has 88 valence electrons. The molecule has 1 aromatic carbocycles. The van der Waals surface area contributed by atoms with Crippen LogP contribution in [0.4, 0.5) is 4.39 Å². The van der Waals surface area contributed by atoms with Crippen LogP contribution < -0.4 is 5.32 Å². The molecule has 1 amide bonds. The maximum absolute atomic E-state index is 13.2. The molecular weight excluding hydrogens is 277 g/mol. The second-order valence-corrected chi connectivity index (χ2v) is 4.77. The van der Waals surface area contributed by atoms with Crippen LogP contribution in [0.5, 0.6) is 0 Å². The van der Waals surface area contributed by atoms with Crippen molar-refractivity contribution in [2.45, 2.75) is 17.9 Å². The van der Waals surface area contributed by atoms with Crippen molar-refractivity contribution in [3.05, 3.63) is 35.6 Å². The molecule has 5 heteroatoms. The summed E-state index contributed by atoms with van der Waals surface area (Å²) in [6.07, 6.45) is -1.03. The van der Waals surface area contributed by atoms with Gasteiger partial charge in [0.05, 0.1) is 10.9 Å². The Hall–Kier alpha value is -0.940. The highest BCUT2D eigenvalue weighted by atomic mass is 79.9. The van der Waals surface area contributed by atoms with Gasteiger partial charge >= 0.3 is 0 Å². The third-order valence-corrected chi connectivity index (χ3v) is 2.51. The van der Waals surface area contributed by atoms with Gasteiger partial charge in [0.25, 0.3) is 0 Å². The van der Waals surface area contributed by atoms with Crippen LogP contribution in [0.2, 0.25) is 0 Å². The van der Waals surface area contributed by atoms with E-state index in [1.807, 2.05) is 0 Å². The van der Waals surface area contributed by atoms with Crippen molar-refractivity contribution in [3.8, 4) is 0 Å². The van der Waals surface area contributed by atoms with Gasteiger partial charge in [-0.1, -0.05) is 34.1 Å². The Balaban J connectivity index is 2.56. The van der Waals surface area contributed by atoms with E-state index in [9.17, 15) is 14.3 Å². The molecule has 3 nitrogen and oxygen atoms in total. The van der Waals surface area contributed by atoms with Gasteiger partial charge in [-0.3, -0.25) is 4.79 Å². The summed E-state index contributed by atoms with van der Waals surface area (Å²) in [6, 6.07) is 5.94. The smallest absolute Gasteiger partial charge is 0.233 e. The van der Waals surface area contributed by atoms with Gasteiger partial charge in [0.2, 0.25) is 5.91 Å². The lowest BCUT2D eigenvalue weighted by molar-refractivity contribution is -0.120. The van der Waals surface area contributed by atoms with Crippen molar-refractivity contribution in [2.75, 3.05) is 6.54 Å². The minimum atomic E-state index is -1.03. The molecule has 0 saturated heterocycles. The summed E-state index contributed by atoms with van der Waals surface area (Å²) in [4.78, 5) is 10.9. The van der Waals surface area contributed by atoms with Gasteiger partial charge in [0, 0.05) is 12.1 Å². The molecule has 1 rings (SSSR count). The molecule has 2 N–H and O–H groups in total. The fourth-order valence-electron chi connectivity index (χ4n) is 1.19. The first-order chi connectivity index (χ1) is 7.52. The number of rotatable bonds is 4. The Morgan fingerprint density at radius 1 is 1.56 bits per heavy atom. The third kappa shape index (κ3) is 3.57. The van der Waals surface area contributed by atoms with Crippen LogP contribution in [0.15, 0.2) is 24.3 Å². The van der Waals surface area contributed by atoms with Crippen molar-refractivity contribution in [1.82, 2.24) is 5.32 Å². The first-order valence-corrected chi connectivity index (χ1v) is 5.78. The number of alkyl halides is 1. The molecule has 0 bridgehead atoms. The summed E-state index contributed by atoms with van der Waals surface area (Å²) >= 11 is 3.09. The zero-order valence-corrected chi connectivity index (χ0v) is 10.4. The SMILES string of the molecule is CC(Br)C(=O)NCC(O)c1ccccc1F. The Morgan fingerprint density at radius 2 is 2.19 bits per heavy atom. The van der Waals surface area contributed by atoms with E-state index < -0.39 is 11.9 Å². The molecule has 0 spiro atoms. The molecule has 2 atom stereocenters. The van der Waals surface area contributed by atoms with E-state index in [-0.39, 0.29) is 22.8 Å². The molecule has 0 aliphatic rings. The molecule has 0 aliphatic carbocycles. The Bertz CT molecular complexity index is 371. The number of benzene rings is 1. The monoisotopic (exact) mass is 289 g/mol. The van der Waals surface area contributed by atoms with Gasteiger partial charge in [-0.15, -0.1) is 0 Å². The van der Waals surface area contributed by atoms with Crippen molar-refractivity contribution in [3.63, 3.8) is 0 Å². The lowest BCUT2D eigenvalue weighted by Gasteiger charge is -2.13. The van der Waals surface area contributed by atoms with E-state index in [0.29, 0.717) is 0 Å². The lowest BCUT2D eigenvalue weighted by Crippen LogP contribution is -2.33. The highest BCUT2D eigenvalue weighted by molar-refractivity contribution is 9.10. The molecule has 0 saturated carbocycles. The number of halogens is 2. The number of hydrogen-bond donors (Lipinski definition) is 2. The van der Waals surface area contributed by atoms with Crippen molar-refractivity contribution >= 4 is 21.8 Å². The van der Waals surface area contributed by atoms with E-state index >= 15 is 0 Å². The van der Waals surface area contributed by atoms with Gasteiger partial charge in [-0.2, -0.15) is 0 Å². The summed E-state index contributed by atoms with van der Waals surface area (Å²) in [5, 5.41) is 12.2. The largest absolute Gasteiger partial charge is 0.386 e. The molecule has 1 aromatic rings. The highest BCUT2D eigenvalue weighted by Crippen LogP contribution is 2.15. The normalized spacial score (nSPS) is 14.2. The zero-order chi connectivity index (χ0) is 12.1. The standard InChI is InChI=1S/C11H13BrFNO2/c1-7(12)11(16)14-6-10(15)8-4-2-3-5-9(8)13/h2-5,7,10,15H,6H2,1H3,(H,14,16). The van der Waals surface area contributed by atoms with E-state index in [1.165, 1.54) is 12.1 Å². The second kappa shape index (κ2) is 5.96. The fraction of sp³-hybridized carbons (Fsp3) is 0.364. The summed E-state index contributed by atoms with van der Waals surface area (Å²) in [5.74, 6) is -0.716. The number of hydrogen-bond acceptors (Lipinski definition) is 2. The molecule has 16 heavy (non-hydrogen) atoms. The topological polar surface area (TPSA) is 49.3 Å². The van der Waals surface area contributed by atoms with Gasteiger partial charge in [0.1, 0.15) is 5.82 Å². The molecule has 0 radical (unpaired) electrons. The Labute approximate surface area is 102 Å². The van der Waals surface area contributed by atoms with E-state index in [1.54, 1.807) is 19.1 Å². The van der Waals surface area contributed by atoms with Crippen molar-refractivity contribution in [2.24, 2.45) is 0 Å². The van der Waals surface area contributed by atoms with Crippen molar-refractivity contribution < 1.29 is 14.3 Å². The minimum absolute atomic E-state index is 0.00426. The zero-order valence-electron chi connectivity index (χ0n) is 8.78. The maximum Gasteiger partial charge on any atom is 0.233 e. The summed E-state index contributed by atoms with van der Waals surface area (Å²) in [7, 11) is 0. The molecular formula is C11H13BrFNO2. The first-order valence-electron chi connectivity index (χ1n) is 4.86. The molecule has 0 aliphatic heterocycles. The van der Waals surface area contributed by atoms with Crippen LogP contribution in [0.1, 0.15) is 18.6 Å². The summed E-state index contributed by atoms with van der Waals surface area (Å²) < 4.78 is 13.2. The molecule has 2 unspecified atom stereocenters. The lowest BCUT2D eigenvalue weighted by atomic mass is 10.1. The number of carbonyl (C=O) groups excluding carboxylic acids is 1. The number of carbonyl (C=O) groups is 1. The van der Waals surface area contributed by atoms with Crippen LogP contribution >= 0.6 is 15.9 Å². The predicted octanol–water partition coefficient (Wildman–Crippen LogP) is 1.76. The van der Waals surface area contributed by atoms with Gasteiger partial charge < -0.3 is 10.4 Å². The molecule has 0 fully saturated rings. The maximum atomic E-state index is 13.2. The first kappa shape index (κ1) is 13.1. The summed E-state index contributed by atoms with van der Waals surface area (Å²) in [5.41, 5.74) is 0.185. The number of amides is 1. The number of aliphatic hydroxyl groups is 1. The Morgan fingerprint density at radius 3 is 2.75 bits per heavy atom. The van der Waals surface area contributed by atoms with Crippen LogP contribution in [0.3, 0.4) is 0 Å². The number of nitrogens with one attached hydrogen (secondary N) is 1. The predicted molar refractivity (Wildman–Crippen MR) is 62.8 cm³/mol. The van der Waals surface area contributed by atoms with Crippen LogP contribution in [0.25, 0.3) is 0 Å². The van der Waals surface area contributed by atoms with Crippen LogP contribution in [-0.2, 0) is 4.79 Å². The van der Waals surface area contributed by atoms with Gasteiger partial charge in [-0.25, -0.2) is 4.39 Å². The Kier molecular flexibility index (Phi) is 4.89. The van der Waals surface area contributed by atoms with Crippen LogP contribution in [0, 0.1) is 5.82 Å². The molecule has 0 aromatic heterocycles. The fourth-order valence-corrected chi connectivity index (χ4v) is 1.36. The van der Waals surface area contributed by atoms with E-state index in [0.717, 1.165) is 0 Å². The van der Waals surface area contributed by atoms with Gasteiger partial charge in [-0.05, 0) is 13.0 Å². The van der Waals surface area contributed by atoms with E-state index in [4.69, 9.17) is 0 Å². The molecule has 0 heterocycles. The average molecular weight is 290 g/mol. The van der Waals surface area contributed by atoms with E-state index in [2.05, 4.69) is 21.2 Å². The summed E-state index contributed by atoms with van der Waals surface area (Å²) in [6.45, 7) is 1.67. The average Bonchev–Trinajstić information content (AvgIpc) is 2.25. The van der Waals surface area contributed by atoms with Crippen LogP contribution in [-0.4, -0.2) is 22.4 Å². The highest BCUT2D eigenvalue weighted by Gasteiger charge is 2.14. The minimum Gasteiger partial charge on any atom is -0.386 e. The second-order valence-electron chi connectivity index (χ2n) is 3.40. The quantitative estimate of drug-likeness (QED) is 0.830. The van der Waals surface area contributed by atoms with Crippen molar-refractivity contribution in [1.29, 1.82) is 0 Å².